The van der Waals surface area contributed by atoms with Crippen molar-refractivity contribution in [1.29, 1.82) is 0 Å². The van der Waals surface area contributed by atoms with Crippen LogP contribution in [0.3, 0.4) is 0 Å². The zero-order chi connectivity index (χ0) is 12.5. The molecule has 0 amide bonds. The normalized spacial score (nSPS) is 11.2. The van der Waals surface area contributed by atoms with Crippen LogP contribution in [0.2, 0.25) is 0 Å². The Balaban J connectivity index is 2.61. The van der Waals surface area contributed by atoms with Gasteiger partial charge in [0, 0.05) is 5.88 Å². The van der Waals surface area contributed by atoms with E-state index >= 15 is 0 Å². The Kier molecular flexibility index (Phi) is 2.97. The molecular weight excluding hydrogens is 240 g/mol. The van der Waals surface area contributed by atoms with Crippen LogP contribution in [-0.2, 0) is 12.3 Å². The fourth-order valence-corrected chi connectivity index (χ4v) is 3.12. The molecule has 0 saturated heterocycles. The van der Waals surface area contributed by atoms with Crippen LogP contribution in [0.15, 0.2) is 48.5 Å². The van der Waals surface area contributed by atoms with E-state index in [-0.39, 0.29) is 0 Å². The zero-order valence-corrected chi connectivity index (χ0v) is 11.2. The Morgan fingerprint density at radius 3 is 1.44 bits per heavy atom. The molecule has 0 nitrogen and oxygen atoms in total. The number of hydrogen-bond acceptors (Lipinski definition) is 0. The third kappa shape index (κ3) is 1.60. The van der Waals surface area contributed by atoms with Gasteiger partial charge in [0.15, 0.2) is 0 Å². The van der Waals surface area contributed by atoms with E-state index in [0.29, 0.717) is 5.88 Å². The van der Waals surface area contributed by atoms with Gasteiger partial charge in [0.2, 0.25) is 0 Å². The van der Waals surface area contributed by atoms with E-state index in [2.05, 4.69) is 55.5 Å². The highest BCUT2D eigenvalue weighted by atomic mass is 35.5. The Morgan fingerprint density at radius 1 is 0.722 bits per heavy atom. The van der Waals surface area contributed by atoms with E-state index in [9.17, 15) is 0 Å². The predicted octanol–water partition coefficient (Wildman–Crippen LogP) is 5.29. The van der Waals surface area contributed by atoms with Crippen molar-refractivity contribution < 1.29 is 0 Å². The third-order valence-corrected chi connectivity index (χ3v) is 3.91. The van der Waals surface area contributed by atoms with Crippen LogP contribution >= 0.6 is 11.6 Å². The van der Waals surface area contributed by atoms with Crippen molar-refractivity contribution in [2.24, 2.45) is 0 Å². The van der Waals surface area contributed by atoms with E-state index in [0.717, 1.165) is 6.42 Å². The van der Waals surface area contributed by atoms with Crippen molar-refractivity contribution in [3.63, 3.8) is 0 Å². The van der Waals surface area contributed by atoms with E-state index in [1.807, 2.05) is 0 Å². The molecule has 0 aliphatic heterocycles. The summed E-state index contributed by atoms with van der Waals surface area (Å²) in [4.78, 5) is 0. The van der Waals surface area contributed by atoms with E-state index in [1.54, 1.807) is 0 Å². The lowest BCUT2D eigenvalue weighted by Crippen LogP contribution is -1.92. The molecule has 3 aromatic rings. The number of aryl methyl sites for hydroxylation is 1. The molecule has 0 radical (unpaired) electrons. The maximum atomic E-state index is 6.18. The van der Waals surface area contributed by atoms with Crippen LogP contribution in [-0.4, -0.2) is 0 Å². The lowest BCUT2D eigenvalue weighted by molar-refractivity contribution is 1.18. The number of hydrogen-bond donors (Lipinski definition) is 0. The molecule has 0 aromatic heterocycles. The van der Waals surface area contributed by atoms with Crippen LogP contribution in [0.5, 0.6) is 0 Å². The number of rotatable bonds is 2. The highest BCUT2D eigenvalue weighted by Crippen LogP contribution is 2.33. The Labute approximate surface area is 112 Å². The van der Waals surface area contributed by atoms with Gasteiger partial charge in [0.05, 0.1) is 0 Å². The van der Waals surface area contributed by atoms with Crippen molar-refractivity contribution in [3.05, 3.63) is 59.7 Å². The summed E-state index contributed by atoms with van der Waals surface area (Å²) in [5, 5.41) is 5.27. The molecule has 90 valence electrons. The number of alkyl halides is 1. The SMILES string of the molecule is CCc1c2ccccc2c(CCl)c2ccccc12. The van der Waals surface area contributed by atoms with Crippen molar-refractivity contribution in [3.8, 4) is 0 Å². The fraction of sp³-hybridized carbons (Fsp3) is 0.176. The molecule has 0 fully saturated rings. The molecular formula is C17H15Cl. The minimum atomic E-state index is 0.561. The van der Waals surface area contributed by atoms with Crippen molar-refractivity contribution in [2.75, 3.05) is 0 Å². The monoisotopic (exact) mass is 254 g/mol. The summed E-state index contributed by atoms with van der Waals surface area (Å²) >= 11 is 6.18. The van der Waals surface area contributed by atoms with Crippen LogP contribution in [0.1, 0.15) is 18.1 Å². The molecule has 0 heterocycles. The molecule has 18 heavy (non-hydrogen) atoms. The average molecular weight is 255 g/mol. The zero-order valence-electron chi connectivity index (χ0n) is 10.4. The summed E-state index contributed by atoms with van der Waals surface area (Å²) in [5.41, 5.74) is 2.68. The highest BCUT2D eigenvalue weighted by Gasteiger charge is 2.10. The smallest absolute Gasteiger partial charge is 0.0486 e. The highest BCUT2D eigenvalue weighted by molar-refractivity contribution is 6.20. The Hall–Kier alpha value is -1.53. The Bertz CT molecular complexity index is 594. The molecule has 0 spiro atoms. The summed E-state index contributed by atoms with van der Waals surface area (Å²) in [6.07, 6.45) is 1.05. The first-order chi connectivity index (χ1) is 8.86. The topological polar surface area (TPSA) is 0 Å². The second-order valence-corrected chi connectivity index (χ2v) is 4.80. The lowest BCUT2D eigenvalue weighted by Gasteiger charge is -2.14. The average Bonchev–Trinajstić information content (AvgIpc) is 2.44. The maximum Gasteiger partial charge on any atom is 0.0486 e. The van der Waals surface area contributed by atoms with E-state index < -0.39 is 0 Å². The molecule has 0 N–H and O–H groups in total. The molecule has 1 heteroatoms. The van der Waals surface area contributed by atoms with Gasteiger partial charge in [0.1, 0.15) is 0 Å². The first kappa shape index (κ1) is 11.6. The minimum Gasteiger partial charge on any atom is -0.122 e. The van der Waals surface area contributed by atoms with Crippen LogP contribution in [0, 0.1) is 0 Å². The summed E-state index contributed by atoms with van der Waals surface area (Å²) < 4.78 is 0. The molecule has 3 aromatic carbocycles. The second kappa shape index (κ2) is 4.62. The van der Waals surface area contributed by atoms with Gasteiger partial charge >= 0.3 is 0 Å². The molecule has 0 atom stereocenters. The van der Waals surface area contributed by atoms with E-state index in [1.165, 1.54) is 32.7 Å². The minimum absolute atomic E-state index is 0.561. The third-order valence-electron chi connectivity index (χ3n) is 3.64. The fourth-order valence-electron chi connectivity index (χ4n) is 2.83. The number of fused-ring (bicyclic) bond motifs is 2. The molecule has 0 aliphatic rings. The maximum absolute atomic E-state index is 6.18. The molecule has 3 rings (SSSR count). The van der Waals surface area contributed by atoms with Crippen molar-refractivity contribution in [1.82, 2.24) is 0 Å². The first-order valence-corrected chi connectivity index (χ1v) is 6.87. The quantitative estimate of drug-likeness (QED) is 0.430. The van der Waals surface area contributed by atoms with Gasteiger partial charge in [0.25, 0.3) is 0 Å². The van der Waals surface area contributed by atoms with Gasteiger partial charge in [-0.25, -0.2) is 0 Å². The summed E-state index contributed by atoms with van der Waals surface area (Å²) in [6, 6.07) is 17.2. The summed E-state index contributed by atoms with van der Waals surface area (Å²) in [5.74, 6) is 0.561. The summed E-state index contributed by atoms with van der Waals surface area (Å²) in [7, 11) is 0. The van der Waals surface area contributed by atoms with Gasteiger partial charge in [-0.05, 0) is 39.1 Å². The molecule has 0 saturated carbocycles. The van der Waals surface area contributed by atoms with Gasteiger partial charge in [-0.3, -0.25) is 0 Å². The standard InChI is InChI=1S/C17H15Cl/c1-2-12-13-7-3-5-9-15(13)17(11-18)16-10-6-4-8-14(12)16/h3-10H,2,11H2,1H3. The van der Waals surface area contributed by atoms with E-state index in [4.69, 9.17) is 11.6 Å². The molecule has 0 aliphatic carbocycles. The predicted molar refractivity (Wildman–Crippen MR) is 80.4 cm³/mol. The van der Waals surface area contributed by atoms with Crippen molar-refractivity contribution in [2.45, 2.75) is 19.2 Å². The van der Waals surface area contributed by atoms with Gasteiger partial charge in [-0.2, -0.15) is 0 Å². The number of halogens is 1. The largest absolute Gasteiger partial charge is 0.122 e. The number of benzene rings is 3. The van der Waals surface area contributed by atoms with Gasteiger partial charge < -0.3 is 0 Å². The van der Waals surface area contributed by atoms with Gasteiger partial charge in [-0.15, -0.1) is 11.6 Å². The summed E-state index contributed by atoms with van der Waals surface area (Å²) in [6.45, 7) is 2.22. The van der Waals surface area contributed by atoms with Crippen LogP contribution < -0.4 is 0 Å². The Morgan fingerprint density at radius 2 is 1.11 bits per heavy atom. The van der Waals surface area contributed by atoms with Crippen LogP contribution in [0.25, 0.3) is 21.5 Å². The lowest BCUT2D eigenvalue weighted by atomic mass is 9.91. The first-order valence-electron chi connectivity index (χ1n) is 6.34. The van der Waals surface area contributed by atoms with Gasteiger partial charge in [-0.1, -0.05) is 55.5 Å². The molecule has 0 unspecified atom stereocenters. The van der Waals surface area contributed by atoms with Crippen molar-refractivity contribution >= 4 is 33.1 Å². The molecule has 0 bridgehead atoms. The second-order valence-electron chi connectivity index (χ2n) is 4.54. The van der Waals surface area contributed by atoms with Crippen LogP contribution in [0.4, 0.5) is 0 Å².